The van der Waals surface area contributed by atoms with E-state index in [1.807, 2.05) is 0 Å². The molecule has 7 aromatic rings. The van der Waals surface area contributed by atoms with Gasteiger partial charge in [-0.15, -0.1) is 0 Å². The van der Waals surface area contributed by atoms with E-state index in [1.165, 1.54) is 77.2 Å². The van der Waals surface area contributed by atoms with E-state index >= 15 is 0 Å². The second-order valence-electron chi connectivity index (χ2n) is 15.5. The van der Waals surface area contributed by atoms with Crippen LogP contribution in [0.1, 0.15) is 48.9 Å². The van der Waals surface area contributed by atoms with Crippen LogP contribution in [0.5, 0.6) is 0 Å². The van der Waals surface area contributed by atoms with E-state index in [4.69, 9.17) is 9.47 Å². The molecule has 258 valence electrons. The Labute approximate surface area is 312 Å². The molecule has 0 N–H and O–H groups in total. The average molecular weight is 687 g/mol. The molecule has 0 amide bonds. The van der Waals surface area contributed by atoms with Gasteiger partial charge in [-0.25, -0.2) is 0 Å². The summed E-state index contributed by atoms with van der Waals surface area (Å²) in [5.74, 6) is -0.491. The van der Waals surface area contributed by atoms with Crippen molar-refractivity contribution in [3.05, 3.63) is 198 Å². The van der Waals surface area contributed by atoms with Gasteiger partial charge >= 0.3 is 0 Å². The molecular formula is C51H42O2. The predicted molar refractivity (Wildman–Crippen MR) is 219 cm³/mol. The third-order valence-electron chi connectivity index (χ3n) is 11.9. The van der Waals surface area contributed by atoms with Crippen molar-refractivity contribution < 1.29 is 9.47 Å². The maximum Gasteiger partial charge on any atom is 0.163 e. The molecule has 2 aliphatic carbocycles. The quantitative estimate of drug-likeness (QED) is 0.172. The minimum Gasteiger partial charge on any atom is -0.344 e. The molecule has 0 spiro atoms. The van der Waals surface area contributed by atoms with Crippen LogP contribution >= 0.6 is 0 Å². The summed E-state index contributed by atoms with van der Waals surface area (Å²) >= 11 is 0. The zero-order valence-electron chi connectivity index (χ0n) is 30.4. The molecule has 3 aliphatic rings. The van der Waals surface area contributed by atoms with Crippen molar-refractivity contribution in [2.75, 3.05) is 0 Å². The van der Waals surface area contributed by atoms with Gasteiger partial charge in [0.15, 0.2) is 5.79 Å². The molecule has 1 aliphatic heterocycles. The normalized spacial score (nSPS) is 24.4. The highest BCUT2D eigenvalue weighted by atomic mass is 16.8. The Morgan fingerprint density at radius 1 is 0.472 bits per heavy atom. The zero-order valence-corrected chi connectivity index (χ0v) is 30.4. The monoisotopic (exact) mass is 686 g/mol. The van der Waals surface area contributed by atoms with Crippen molar-refractivity contribution in [1.82, 2.24) is 0 Å². The average Bonchev–Trinajstić information content (AvgIpc) is 3.56. The summed E-state index contributed by atoms with van der Waals surface area (Å²) in [6.45, 7) is 6.47. The van der Waals surface area contributed by atoms with Crippen molar-refractivity contribution in [3.8, 4) is 22.3 Å². The van der Waals surface area contributed by atoms with Crippen molar-refractivity contribution in [2.24, 2.45) is 11.8 Å². The fourth-order valence-corrected chi connectivity index (χ4v) is 9.38. The Bertz CT molecular complexity index is 2570. The standard InChI is InChI=1S/C51H42O2/c1-32-43-27-28-45(50-49(43)52-51(2,3)53-50)48(42-24-22-35-14-8-10-16-39(35)30-42)44-26-25-40(37-19-17-36(18-20-37)33-11-5-4-6-12-33)31-46(44)47(32)41-23-21-34-13-7-9-15-38(34)29-41/h4-31,43,45,48-50H,1-3H3/b47-32+. The van der Waals surface area contributed by atoms with E-state index in [9.17, 15) is 0 Å². The van der Waals surface area contributed by atoms with Gasteiger partial charge in [-0.2, -0.15) is 0 Å². The molecule has 0 saturated carbocycles. The van der Waals surface area contributed by atoms with Gasteiger partial charge in [-0.05, 0) is 105 Å². The van der Waals surface area contributed by atoms with Crippen LogP contribution in [0.25, 0.3) is 49.4 Å². The molecule has 5 unspecified atom stereocenters. The van der Waals surface area contributed by atoms with Gasteiger partial charge in [0, 0.05) is 17.8 Å². The van der Waals surface area contributed by atoms with Gasteiger partial charge in [0.05, 0.1) is 12.2 Å². The number of rotatable bonds is 4. The van der Waals surface area contributed by atoms with Crippen LogP contribution in [-0.4, -0.2) is 18.0 Å². The number of benzene rings is 7. The Balaban J connectivity index is 1.24. The maximum absolute atomic E-state index is 6.92. The molecular weight excluding hydrogens is 645 g/mol. The summed E-state index contributed by atoms with van der Waals surface area (Å²) in [6, 6.07) is 58.2. The van der Waals surface area contributed by atoms with Gasteiger partial charge in [0.2, 0.25) is 0 Å². The number of hydrogen-bond acceptors (Lipinski definition) is 2. The first-order chi connectivity index (χ1) is 25.9. The van der Waals surface area contributed by atoms with Gasteiger partial charge in [-0.3, -0.25) is 0 Å². The van der Waals surface area contributed by atoms with Crippen molar-refractivity contribution in [3.63, 3.8) is 0 Å². The Kier molecular flexibility index (Phi) is 7.61. The number of ether oxygens (including phenoxy) is 2. The van der Waals surface area contributed by atoms with Crippen LogP contribution in [0.3, 0.4) is 0 Å². The number of fused-ring (bicyclic) bond motifs is 8. The third-order valence-corrected chi connectivity index (χ3v) is 11.9. The molecule has 5 atom stereocenters. The topological polar surface area (TPSA) is 18.5 Å². The lowest BCUT2D eigenvalue weighted by Crippen LogP contribution is -2.41. The maximum atomic E-state index is 6.92. The first-order valence-electron chi connectivity index (χ1n) is 18.9. The summed E-state index contributed by atoms with van der Waals surface area (Å²) in [6.07, 6.45) is 4.68. The SMILES string of the molecule is C/C1=C(/c2ccc3ccccc3c2)c2cc(-c3ccc(-c4ccccc4)cc3)ccc2C(c2ccc3ccccc3c2)C2C=CC1C1OC(C)(C)OC21. The van der Waals surface area contributed by atoms with Gasteiger partial charge < -0.3 is 9.47 Å². The van der Waals surface area contributed by atoms with E-state index in [0.29, 0.717) is 0 Å². The van der Waals surface area contributed by atoms with Crippen LogP contribution in [-0.2, 0) is 9.47 Å². The van der Waals surface area contributed by atoms with Crippen LogP contribution < -0.4 is 0 Å². The van der Waals surface area contributed by atoms with Gasteiger partial charge in [-0.1, -0.05) is 163 Å². The predicted octanol–water partition coefficient (Wildman–Crippen LogP) is 12.6. The van der Waals surface area contributed by atoms with Crippen molar-refractivity contribution >= 4 is 27.1 Å². The second kappa shape index (κ2) is 12.6. The molecule has 1 saturated heterocycles. The van der Waals surface area contributed by atoms with Crippen molar-refractivity contribution in [1.29, 1.82) is 0 Å². The molecule has 2 heteroatoms. The Hall–Kier alpha value is -5.54. The van der Waals surface area contributed by atoms with E-state index < -0.39 is 5.79 Å². The van der Waals surface area contributed by atoms with Crippen LogP contribution in [0, 0.1) is 11.8 Å². The summed E-state index contributed by atoms with van der Waals surface area (Å²) in [5.41, 5.74) is 12.6. The van der Waals surface area contributed by atoms with Gasteiger partial charge in [0.25, 0.3) is 0 Å². The molecule has 53 heavy (non-hydrogen) atoms. The minimum absolute atomic E-state index is 0.0349. The summed E-state index contributed by atoms with van der Waals surface area (Å²) in [7, 11) is 0. The first-order valence-corrected chi connectivity index (χ1v) is 18.9. The van der Waals surface area contributed by atoms with E-state index in [2.05, 4.69) is 191 Å². The first kappa shape index (κ1) is 32.1. The fourth-order valence-electron chi connectivity index (χ4n) is 9.38. The Morgan fingerprint density at radius 3 is 1.77 bits per heavy atom. The highest BCUT2D eigenvalue weighted by molar-refractivity contribution is 5.93. The molecule has 7 aromatic carbocycles. The fraction of sp³-hybridized carbons (Fsp3) is 0.176. The van der Waals surface area contributed by atoms with Crippen LogP contribution in [0.15, 0.2) is 175 Å². The van der Waals surface area contributed by atoms with Crippen LogP contribution in [0.2, 0.25) is 0 Å². The zero-order chi connectivity index (χ0) is 35.7. The third kappa shape index (κ3) is 5.57. The highest BCUT2D eigenvalue weighted by Crippen LogP contribution is 2.53. The van der Waals surface area contributed by atoms with Crippen LogP contribution in [0.4, 0.5) is 0 Å². The van der Waals surface area contributed by atoms with Crippen molar-refractivity contribution in [2.45, 2.75) is 44.7 Å². The summed E-state index contributed by atoms with van der Waals surface area (Å²) < 4.78 is 13.8. The highest BCUT2D eigenvalue weighted by Gasteiger charge is 2.53. The Morgan fingerprint density at radius 2 is 1.04 bits per heavy atom. The molecule has 2 bridgehead atoms. The molecule has 1 fully saturated rings. The summed E-state index contributed by atoms with van der Waals surface area (Å²) in [5, 5.41) is 4.99. The summed E-state index contributed by atoms with van der Waals surface area (Å²) in [4.78, 5) is 0. The number of hydrogen-bond donors (Lipinski definition) is 0. The molecule has 2 nitrogen and oxygen atoms in total. The second-order valence-corrected chi connectivity index (χ2v) is 15.5. The van der Waals surface area contributed by atoms with E-state index in [0.717, 1.165) is 0 Å². The lowest BCUT2D eigenvalue weighted by Gasteiger charge is -2.37. The largest absolute Gasteiger partial charge is 0.344 e. The smallest absolute Gasteiger partial charge is 0.163 e. The van der Waals surface area contributed by atoms with E-state index in [-0.39, 0.29) is 30.0 Å². The lowest BCUT2D eigenvalue weighted by atomic mass is 9.71. The molecule has 10 rings (SSSR count). The lowest BCUT2D eigenvalue weighted by molar-refractivity contribution is -0.150. The minimum atomic E-state index is -0.674. The van der Waals surface area contributed by atoms with E-state index in [1.54, 1.807) is 0 Å². The van der Waals surface area contributed by atoms with Gasteiger partial charge in [0.1, 0.15) is 0 Å². The molecule has 1 heterocycles. The molecule has 0 aromatic heterocycles. The molecule has 0 radical (unpaired) electrons.